The smallest absolute Gasteiger partial charge is 0.234 e. The van der Waals surface area contributed by atoms with Crippen LogP contribution in [0.1, 0.15) is 12.5 Å². The molecule has 0 radical (unpaired) electrons. The Kier molecular flexibility index (Phi) is 5.85. The summed E-state index contributed by atoms with van der Waals surface area (Å²) < 4.78 is 28.5. The van der Waals surface area contributed by atoms with Crippen molar-refractivity contribution >= 4 is 23.4 Å². The van der Waals surface area contributed by atoms with Gasteiger partial charge in [-0.2, -0.15) is 0 Å². The summed E-state index contributed by atoms with van der Waals surface area (Å²) >= 11 is 1.21. The van der Waals surface area contributed by atoms with Crippen LogP contribution in [-0.4, -0.2) is 26.4 Å². The number of aromatic nitrogens is 3. The second-order valence-electron chi connectivity index (χ2n) is 5.83. The maximum Gasteiger partial charge on any atom is 0.234 e. The third-order valence-corrected chi connectivity index (χ3v) is 4.92. The Bertz CT molecular complexity index is 974. The molecular weight excluding hydrogens is 370 g/mol. The minimum absolute atomic E-state index is 0.0305. The van der Waals surface area contributed by atoms with Gasteiger partial charge in [-0.05, 0) is 31.5 Å². The standard InChI is InChI=1S/C19H18F2N4OS/c1-3-25-18(14-7-5-4-6-12(14)2)23-24-19(25)27-11-17(26)22-16-9-8-13(20)10-15(16)21/h4-10H,3,11H2,1-2H3,(H,22,26). The summed E-state index contributed by atoms with van der Waals surface area (Å²) in [6.45, 7) is 4.62. The van der Waals surface area contributed by atoms with E-state index < -0.39 is 17.5 Å². The van der Waals surface area contributed by atoms with Gasteiger partial charge >= 0.3 is 0 Å². The number of aryl methyl sites for hydroxylation is 1. The molecule has 140 valence electrons. The van der Waals surface area contributed by atoms with Gasteiger partial charge in [0.05, 0.1) is 11.4 Å². The van der Waals surface area contributed by atoms with Crippen molar-refractivity contribution < 1.29 is 13.6 Å². The lowest BCUT2D eigenvalue weighted by Gasteiger charge is -2.09. The van der Waals surface area contributed by atoms with E-state index in [0.717, 1.165) is 29.1 Å². The van der Waals surface area contributed by atoms with Gasteiger partial charge < -0.3 is 9.88 Å². The van der Waals surface area contributed by atoms with E-state index in [9.17, 15) is 13.6 Å². The molecule has 0 saturated heterocycles. The van der Waals surface area contributed by atoms with Gasteiger partial charge in [0.2, 0.25) is 5.91 Å². The monoisotopic (exact) mass is 388 g/mol. The molecule has 0 saturated carbocycles. The Morgan fingerprint density at radius 3 is 2.67 bits per heavy atom. The van der Waals surface area contributed by atoms with Crippen molar-refractivity contribution in [3.05, 3.63) is 59.7 Å². The van der Waals surface area contributed by atoms with E-state index >= 15 is 0 Å². The first kappa shape index (κ1) is 19.0. The molecule has 3 rings (SSSR count). The lowest BCUT2D eigenvalue weighted by molar-refractivity contribution is -0.113. The molecule has 1 amide bonds. The molecule has 1 aromatic heterocycles. The fraction of sp³-hybridized carbons (Fsp3) is 0.211. The van der Waals surface area contributed by atoms with Gasteiger partial charge in [0, 0.05) is 18.2 Å². The molecule has 3 aromatic rings. The highest BCUT2D eigenvalue weighted by atomic mass is 32.2. The van der Waals surface area contributed by atoms with Crippen LogP contribution < -0.4 is 5.32 Å². The summed E-state index contributed by atoms with van der Waals surface area (Å²) in [7, 11) is 0. The van der Waals surface area contributed by atoms with E-state index in [0.29, 0.717) is 11.7 Å². The number of halogens is 2. The molecule has 0 unspecified atom stereocenters. The second kappa shape index (κ2) is 8.30. The quantitative estimate of drug-likeness (QED) is 0.640. The highest BCUT2D eigenvalue weighted by Gasteiger charge is 2.16. The molecule has 27 heavy (non-hydrogen) atoms. The highest BCUT2D eigenvalue weighted by Crippen LogP contribution is 2.26. The highest BCUT2D eigenvalue weighted by molar-refractivity contribution is 7.99. The van der Waals surface area contributed by atoms with Crippen LogP contribution in [0.3, 0.4) is 0 Å². The summed E-state index contributed by atoms with van der Waals surface area (Å²) in [6.07, 6.45) is 0. The Hall–Kier alpha value is -2.74. The van der Waals surface area contributed by atoms with Gasteiger partial charge in [-0.1, -0.05) is 36.0 Å². The maximum absolute atomic E-state index is 13.6. The minimum atomic E-state index is -0.813. The van der Waals surface area contributed by atoms with Crippen molar-refractivity contribution in [1.29, 1.82) is 0 Å². The predicted octanol–water partition coefficient (Wildman–Crippen LogP) is 4.28. The number of nitrogens with zero attached hydrogens (tertiary/aromatic N) is 3. The molecule has 1 heterocycles. The van der Waals surface area contributed by atoms with Crippen LogP contribution in [0.15, 0.2) is 47.6 Å². The number of hydrogen-bond donors (Lipinski definition) is 1. The zero-order chi connectivity index (χ0) is 19.4. The molecule has 0 atom stereocenters. The molecule has 8 heteroatoms. The number of nitrogens with one attached hydrogen (secondary N) is 1. The van der Waals surface area contributed by atoms with E-state index in [1.165, 1.54) is 17.8 Å². The first-order chi connectivity index (χ1) is 13.0. The van der Waals surface area contributed by atoms with Crippen molar-refractivity contribution in [2.24, 2.45) is 0 Å². The summed E-state index contributed by atoms with van der Waals surface area (Å²) in [5.74, 6) is -1.15. The van der Waals surface area contributed by atoms with E-state index in [1.807, 2.05) is 42.7 Å². The van der Waals surface area contributed by atoms with Crippen LogP contribution in [0, 0.1) is 18.6 Å². The lowest BCUT2D eigenvalue weighted by Crippen LogP contribution is -2.15. The maximum atomic E-state index is 13.6. The van der Waals surface area contributed by atoms with Crippen LogP contribution in [0.25, 0.3) is 11.4 Å². The molecule has 2 aromatic carbocycles. The first-order valence-electron chi connectivity index (χ1n) is 8.36. The third kappa shape index (κ3) is 4.33. The van der Waals surface area contributed by atoms with Crippen molar-refractivity contribution in [2.75, 3.05) is 11.1 Å². The van der Waals surface area contributed by atoms with Gasteiger partial charge in [0.1, 0.15) is 11.6 Å². The Balaban J connectivity index is 1.71. The molecule has 0 bridgehead atoms. The van der Waals surface area contributed by atoms with Crippen LogP contribution >= 0.6 is 11.8 Å². The number of hydrogen-bond acceptors (Lipinski definition) is 4. The molecule has 0 aliphatic heterocycles. The van der Waals surface area contributed by atoms with E-state index in [2.05, 4.69) is 15.5 Å². The van der Waals surface area contributed by atoms with Crippen LogP contribution in [0.4, 0.5) is 14.5 Å². The van der Waals surface area contributed by atoms with Gasteiger partial charge in [-0.25, -0.2) is 8.78 Å². The Morgan fingerprint density at radius 2 is 1.96 bits per heavy atom. The molecule has 0 aliphatic rings. The normalized spacial score (nSPS) is 10.8. The summed E-state index contributed by atoms with van der Waals surface area (Å²) in [6, 6.07) is 10.9. The van der Waals surface area contributed by atoms with Gasteiger partial charge in [-0.15, -0.1) is 10.2 Å². The number of carbonyl (C=O) groups is 1. The zero-order valence-corrected chi connectivity index (χ0v) is 15.7. The largest absolute Gasteiger partial charge is 0.323 e. The van der Waals surface area contributed by atoms with Crippen molar-refractivity contribution in [3.63, 3.8) is 0 Å². The van der Waals surface area contributed by atoms with Gasteiger partial charge in [-0.3, -0.25) is 4.79 Å². The van der Waals surface area contributed by atoms with Crippen LogP contribution in [0.5, 0.6) is 0 Å². The van der Waals surface area contributed by atoms with Crippen molar-refractivity contribution in [3.8, 4) is 11.4 Å². The van der Waals surface area contributed by atoms with Crippen LogP contribution in [0.2, 0.25) is 0 Å². The number of carbonyl (C=O) groups excluding carboxylic acids is 1. The minimum Gasteiger partial charge on any atom is -0.323 e. The van der Waals surface area contributed by atoms with Crippen molar-refractivity contribution in [1.82, 2.24) is 14.8 Å². The number of rotatable bonds is 6. The van der Waals surface area contributed by atoms with Gasteiger partial charge in [0.25, 0.3) is 0 Å². The molecule has 1 N–H and O–H groups in total. The van der Waals surface area contributed by atoms with E-state index in [1.54, 1.807) is 0 Å². The first-order valence-corrected chi connectivity index (χ1v) is 9.35. The Morgan fingerprint density at radius 1 is 1.19 bits per heavy atom. The average Bonchev–Trinajstić information content (AvgIpc) is 3.05. The molecule has 0 fully saturated rings. The lowest BCUT2D eigenvalue weighted by atomic mass is 10.1. The van der Waals surface area contributed by atoms with E-state index in [4.69, 9.17) is 0 Å². The third-order valence-electron chi connectivity index (χ3n) is 3.96. The molecular formula is C19H18F2N4OS. The fourth-order valence-electron chi connectivity index (χ4n) is 2.61. The second-order valence-corrected chi connectivity index (χ2v) is 6.77. The van der Waals surface area contributed by atoms with Crippen molar-refractivity contribution in [2.45, 2.75) is 25.5 Å². The van der Waals surface area contributed by atoms with Crippen LogP contribution in [-0.2, 0) is 11.3 Å². The fourth-order valence-corrected chi connectivity index (χ4v) is 3.41. The molecule has 0 spiro atoms. The van der Waals surface area contributed by atoms with Gasteiger partial charge in [0.15, 0.2) is 11.0 Å². The average molecular weight is 388 g/mol. The zero-order valence-electron chi connectivity index (χ0n) is 14.9. The SMILES string of the molecule is CCn1c(SCC(=O)Nc2ccc(F)cc2F)nnc1-c1ccccc1C. The topological polar surface area (TPSA) is 59.8 Å². The number of thioether (sulfide) groups is 1. The predicted molar refractivity (Wildman–Crippen MR) is 102 cm³/mol. The molecule has 0 aliphatic carbocycles. The molecule has 5 nitrogen and oxygen atoms in total. The Labute approximate surface area is 159 Å². The number of anilines is 1. The summed E-state index contributed by atoms with van der Waals surface area (Å²) in [5, 5.41) is 11.5. The summed E-state index contributed by atoms with van der Waals surface area (Å²) in [4.78, 5) is 12.1. The van der Waals surface area contributed by atoms with E-state index in [-0.39, 0.29) is 11.4 Å². The number of amides is 1. The summed E-state index contributed by atoms with van der Waals surface area (Å²) in [5.41, 5.74) is 2.01. The number of benzene rings is 2.